The molecule has 0 aliphatic carbocycles. The Kier molecular flexibility index (Phi) is 3.64. The Morgan fingerprint density at radius 2 is 2.00 bits per heavy atom. The summed E-state index contributed by atoms with van der Waals surface area (Å²) in [4.78, 5) is 28.7. The van der Waals surface area contributed by atoms with Gasteiger partial charge in [-0.05, 0) is 31.0 Å². The number of rotatable bonds is 3. The number of hydrogen-bond acceptors (Lipinski definition) is 5. The summed E-state index contributed by atoms with van der Waals surface area (Å²) >= 11 is 0. The van der Waals surface area contributed by atoms with Gasteiger partial charge >= 0.3 is 5.69 Å². The van der Waals surface area contributed by atoms with Crippen molar-refractivity contribution in [2.45, 2.75) is 26.5 Å². The van der Waals surface area contributed by atoms with Gasteiger partial charge in [0.1, 0.15) is 12.4 Å². The predicted octanol–water partition coefficient (Wildman–Crippen LogP) is 0.891. The molecule has 0 bridgehead atoms. The van der Waals surface area contributed by atoms with Crippen molar-refractivity contribution in [3.05, 3.63) is 50.2 Å². The molecule has 4 rings (SSSR count). The molecule has 136 valence electrons. The van der Waals surface area contributed by atoms with Crippen molar-refractivity contribution in [1.29, 1.82) is 0 Å². The first kappa shape index (κ1) is 16.4. The van der Waals surface area contributed by atoms with Gasteiger partial charge in [0.15, 0.2) is 17.3 Å². The van der Waals surface area contributed by atoms with Crippen LogP contribution in [0, 0.1) is 13.8 Å². The third kappa shape index (κ3) is 2.40. The van der Waals surface area contributed by atoms with Crippen LogP contribution in [0.15, 0.2) is 27.8 Å². The maximum atomic E-state index is 12.3. The topological polar surface area (TPSA) is 80.3 Å². The Bertz CT molecular complexity index is 1140. The zero-order valence-electron chi connectivity index (χ0n) is 15.1. The van der Waals surface area contributed by atoms with Crippen LogP contribution in [0.4, 0.5) is 0 Å². The highest BCUT2D eigenvalue weighted by Crippen LogP contribution is 2.26. The molecule has 1 aliphatic heterocycles. The summed E-state index contributed by atoms with van der Waals surface area (Å²) in [6.07, 6.45) is -0.235. The maximum absolute atomic E-state index is 12.3. The van der Waals surface area contributed by atoms with E-state index in [-0.39, 0.29) is 17.3 Å². The molecular weight excluding hydrogens is 336 g/mol. The molecular formula is C18H20N4O4. The molecule has 0 unspecified atom stereocenters. The molecule has 0 spiro atoms. The highest BCUT2D eigenvalue weighted by atomic mass is 16.6. The van der Waals surface area contributed by atoms with Gasteiger partial charge < -0.3 is 9.47 Å². The van der Waals surface area contributed by atoms with Crippen LogP contribution in [0.1, 0.15) is 11.1 Å². The zero-order chi connectivity index (χ0) is 18.6. The van der Waals surface area contributed by atoms with E-state index in [0.717, 1.165) is 21.4 Å². The lowest BCUT2D eigenvalue weighted by atomic mass is 10.1. The molecule has 0 amide bonds. The van der Waals surface area contributed by atoms with Gasteiger partial charge in [-0.25, -0.2) is 4.79 Å². The molecule has 8 heteroatoms. The molecule has 0 saturated heterocycles. The minimum absolute atomic E-state index is 0.235. The number of aromatic nitrogens is 4. The summed E-state index contributed by atoms with van der Waals surface area (Å²) in [5.74, 6) is 0.823. The number of aryl methyl sites for hydroxylation is 3. The van der Waals surface area contributed by atoms with Crippen molar-refractivity contribution < 1.29 is 9.47 Å². The number of fused-ring (bicyclic) bond motifs is 3. The van der Waals surface area contributed by atoms with E-state index >= 15 is 0 Å². The quantitative estimate of drug-likeness (QED) is 0.696. The van der Waals surface area contributed by atoms with Crippen LogP contribution < -0.4 is 20.7 Å². The Morgan fingerprint density at radius 1 is 1.23 bits per heavy atom. The lowest BCUT2D eigenvalue weighted by molar-refractivity contribution is 0.143. The fourth-order valence-corrected chi connectivity index (χ4v) is 3.25. The van der Waals surface area contributed by atoms with Crippen molar-refractivity contribution in [2.75, 3.05) is 6.61 Å². The summed E-state index contributed by atoms with van der Waals surface area (Å²) in [7, 11) is 3.06. The minimum atomic E-state index is -0.420. The van der Waals surface area contributed by atoms with Crippen molar-refractivity contribution in [1.82, 2.24) is 18.7 Å². The highest BCUT2D eigenvalue weighted by Gasteiger charge is 2.30. The average Bonchev–Trinajstić information content (AvgIpc) is 3.16. The Labute approximate surface area is 149 Å². The maximum Gasteiger partial charge on any atom is 0.332 e. The van der Waals surface area contributed by atoms with Crippen LogP contribution in [-0.4, -0.2) is 31.4 Å². The first-order valence-corrected chi connectivity index (χ1v) is 8.39. The summed E-state index contributed by atoms with van der Waals surface area (Å²) in [6.45, 7) is 4.83. The molecule has 3 aromatic rings. The molecule has 0 saturated carbocycles. The monoisotopic (exact) mass is 356 g/mol. The Hall–Kier alpha value is -3.03. The molecule has 8 nitrogen and oxygen atoms in total. The van der Waals surface area contributed by atoms with Crippen LogP contribution in [0.5, 0.6) is 11.8 Å². The summed E-state index contributed by atoms with van der Waals surface area (Å²) in [5, 5.41) is 0. The van der Waals surface area contributed by atoms with Crippen LogP contribution >= 0.6 is 0 Å². The predicted molar refractivity (Wildman–Crippen MR) is 96.0 cm³/mol. The summed E-state index contributed by atoms with van der Waals surface area (Å²) < 4.78 is 16.0. The molecule has 0 fully saturated rings. The fraction of sp³-hybridized carbons (Fsp3) is 0.389. The lowest BCUT2D eigenvalue weighted by Gasteiger charge is -2.14. The second-order valence-corrected chi connectivity index (χ2v) is 6.70. The standard InChI is InChI=1S/C18H20N4O4/c1-10-5-6-11(2)13(7-10)25-9-12-8-22-15-14(19-17(22)26-12)16(23)21(4)18(24)20(15)3/h5-7,12H,8-9H2,1-4H3/t12-/m1/s1. The first-order chi connectivity index (χ1) is 12.4. The average molecular weight is 356 g/mol. The van der Waals surface area contributed by atoms with Gasteiger partial charge in [0, 0.05) is 14.1 Å². The SMILES string of the molecule is Cc1ccc(C)c(OC[C@H]2Cn3c(nc4c(=O)n(C)c(=O)n(C)c43)O2)c1. The fourth-order valence-electron chi connectivity index (χ4n) is 3.25. The molecule has 1 atom stereocenters. The lowest BCUT2D eigenvalue weighted by Crippen LogP contribution is -2.37. The second-order valence-electron chi connectivity index (χ2n) is 6.70. The molecule has 2 aromatic heterocycles. The molecule has 1 aliphatic rings. The molecule has 1 aromatic carbocycles. The third-order valence-electron chi connectivity index (χ3n) is 4.73. The number of imidazole rings is 1. The number of hydrogen-bond donors (Lipinski definition) is 0. The van der Waals surface area contributed by atoms with Gasteiger partial charge in [0.2, 0.25) is 0 Å². The van der Waals surface area contributed by atoms with Crippen molar-refractivity contribution >= 4 is 11.2 Å². The van der Waals surface area contributed by atoms with Crippen molar-refractivity contribution in [3.8, 4) is 11.8 Å². The summed E-state index contributed by atoms with van der Waals surface area (Å²) in [5.41, 5.74) is 2.09. The number of nitrogens with zero attached hydrogens (tertiary/aromatic N) is 4. The smallest absolute Gasteiger partial charge is 0.332 e. The van der Waals surface area contributed by atoms with Gasteiger partial charge in [0.05, 0.1) is 6.54 Å². The van der Waals surface area contributed by atoms with Crippen molar-refractivity contribution in [2.24, 2.45) is 14.1 Å². The van der Waals surface area contributed by atoms with Crippen LogP contribution in [0.3, 0.4) is 0 Å². The molecule has 3 heterocycles. The first-order valence-electron chi connectivity index (χ1n) is 8.39. The molecule has 0 radical (unpaired) electrons. The van der Waals surface area contributed by atoms with Gasteiger partial charge in [-0.2, -0.15) is 4.98 Å². The van der Waals surface area contributed by atoms with E-state index in [1.807, 2.05) is 32.0 Å². The normalized spacial score (nSPS) is 15.9. The third-order valence-corrected chi connectivity index (χ3v) is 4.73. The van der Waals surface area contributed by atoms with E-state index < -0.39 is 5.56 Å². The van der Waals surface area contributed by atoms with E-state index in [2.05, 4.69) is 4.98 Å². The Balaban J connectivity index is 1.61. The van der Waals surface area contributed by atoms with Crippen LogP contribution in [-0.2, 0) is 20.6 Å². The second kappa shape index (κ2) is 5.76. The van der Waals surface area contributed by atoms with Gasteiger partial charge in [-0.1, -0.05) is 12.1 Å². The van der Waals surface area contributed by atoms with E-state index in [1.165, 1.54) is 11.6 Å². The van der Waals surface area contributed by atoms with Crippen molar-refractivity contribution in [3.63, 3.8) is 0 Å². The molecule has 0 N–H and O–H groups in total. The van der Waals surface area contributed by atoms with Gasteiger partial charge in [-0.3, -0.25) is 18.5 Å². The van der Waals surface area contributed by atoms with E-state index in [0.29, 0.717) is 24.8 Å². The van der Waals surface area contributed by atoms with E-state index in [4.69, 9.17) is 9.47 Å². The van der Waals surface area contributed by atoms with Gasteiger partial charge in [-0.15, -0.1) is 0 Å². The summed E-state index contributed by atoms with van der Waals surface area (Å²) in [6, 6.07) is 6.39. The highest BCUT2D eigenvalue weighted by molar-refractivity contribution is 5.72. The Morgan fingerprint density at radius 3 is 2.77 bits per heavy atom. The minimum Gasteiger partial charge on any atom is -0.489 e. The number of benzene rings is 1. The van der Waals surface area contributed by atoms with Crippen LogP contribution in [0.25, 0.3) is 11.2 Å². The molecule has 26 heavy (non-hydrogen) atoms. The van der Waals surface area contributed by atoms with Gasteiger partial charge in [0.25, 0.3) is 11.6 Å². The zero-order valence-corrected chi connectivity index (χ0v) is 15.1. The number of ether oxygens (including phenoxy) is 2. The van der Waals surface area contributed by atoms with E-state index in [9.17, 15) is 9.59 Å². The van der Waals surface area contributed by atoms with E-state index in [1.54, 1.807) is 11.6 Å². The largest absolute Gasteiger partial charge is 0.489 e. The van der Waals surface area contributed by atoms with Crippen LogP contribution in [0.2, 0.25) is 0 Å².